The summed E-state index contributed by atoms with van der Waals surface area (Å²) in [4.78, 5) is 2.09. The van der Waals surface area contributed by atoms with E-state index in [1.165, 1.54) is 0 Å². The minimum atomic E-state index is 0.550. The maximum Gasteiger partial charge on any atom is 0.174 e. The van der Waals surface area contributed by atoms with Crippen LogP contribution in [0.4, 0.5) is 5.69 Å². The van der Waals surface area contributed by atoms with Crippen LogP contribution in [0.3, 0.4) is 0 Å². The van der Waals surface area contributed by atoms with Crippen molar-refractivity contribution >= 4 is 38.9 Å². The number of nitrogens with zero attached hydrogens (tertiary/aromatic N) is 1. The molecule has 162 valence electrons. The van der Waals surface area contributed by atoms with Gasteiger partial charge in [-0.2, -0.15) is 0 Å². The van der Waals surface area contributed by atoms with Crippen LogP contribution in [0.15, 0.2) is 71.2 Å². The molecular formula is C24H25BrN2O3S. The Kier molecular flexibility index (Phi) is 8.14. The maximum absolute atomic E-state index is 5.78. The van der Waals surface area contributed by atoms with Crippen molar-refractivity contribution in [3.8, 4) is 17.2 Å². The zero-order valence-electron chi connectivity index (χ0n) is 17.7. The molecule has 0 aliphatic rings. The molecule has 0 unspecified atom stereocenters. The van der Waals surface area contributed by atoms with Crippen molar-refractivity contribution in [3.05, 3.63) is 82.3 Å². The van der Waals surface area contributed by atoms with Gasteiger partial charge in [0.25, 0.3) is 0 Å². The summed E-state index contributed by atoms with van der Waals surface area (Å²) < 4.78 is 17.3. The molecule has 0 atom stereocenters. The van der Waals surface area contributed by atoms with Gasteiger partial charge in [0.1, 0.15) is 17.2 Å². The number of anilines is 1. The molecule has 0 saturated heterocycles. The first-order valence-corrected chi connectivity index (χ1v) is 10.9. The molecule has 0 saturated carbocycles. The average Bonchev–Trinajstić information content (AvgIpc) is 2.80. The number of rotatable bonds is 8. The van der Waals surface area contributed by atoms with Gasteiger partial charge >= 0.3 is 0 Å². The lowest BCUT2D eigenvalue weighted by Gasteiger charge is -2.27. The number of methoxy groups -OCH3 is 3. The summed E-state index contributed by atoms with van der Waals surface area (Å²) in [5.74, 6) is 2.37. The number of hydrogen-bond acceptors (Lipinski definition) is 4. The van der Waals surface area contributed by atoms with Crippen molar-refractivity contribution in [1.29, 1.82) is 0 Å². The van der Waals surface area contributed by atoms with Gasteiger partial charge < -0.3 is 24.4 Å². The molecule has 0 bridgehead atoms. The Balaban J connectivity index is 1.87. The number of halogens is 1. The fourth-order valence-electron chi connectivity index (χ4n) is 3.10. The first kappa shape index (κ1) is 22.9. The summed E-state index contributed by atoms with van der Waals surface area (Å²) in [5, 5.41) is 3.95. The summed E-state index contributed by atoms with van der Waals surface area (Å²) in [6, 6.07) is 21.7. The fraction of sp³-hybridized carbons (Fsp3) is 0.208. The molecule has 0 aromatic heterocycles. The maximum atomic E-state index is 5.78. The van der Waals surface area contributed by atoms with Crippen LogP contribution in [-0.2, 0) is 13.1 Å². The highest BCUT2D eigenvalue weighted by atomic mass is 79.9. The van der Waals surface area contributed by atoms with Crippen LogP contribution in [0.1, 0.15) is 11.1 Å². The second-order valence-corrected chi connectivity index (χ2v) is 8.12. The van der Waals surface area contributed by atoms with Crippen molar-refractivity contribution in [2.75, 3.05) is 26.6 Å². The van der Waals surface area contributed by atoms with Crippen LogP contribution in [0.2, 0.25) is 0 Å². The predicted molar refractivity (Wildman–Crippen MR) is 132 cm³/mol. The van der Waals surface area contributed by atoms with E-state index in [0.29, 0.717) is 18.2 Å². The molecule has 0 spiro atoms. The summed E-state index contributed by atoms with van der Waals surface area (Å²) in [6.45, 7) is 1.17. The second-order valence-electron chi connectivity index (χ2n) is 6.82. The highest BCUT2D eigenvalue weighted by Crippen LogP contribution is 2.27. The molecule has 3 aromatic rings. The zero-order valence-corrected chi connectivity index (χ0v) is 20.1. The Morgan fingerprint density at radius 3 is 2.10 bits per heavy atom. The highest BCUT2D eigenvalue weighted by Gasteiger charge is 2.15. The predicted octanol–water partition coefficient (Wildman–Crippen LogP) is 5.87. The van der Waals surface area contributed by atoms with Crippen LogP contribution in [0.5, 0.6) is 17.2 Å². The second kappa shape index (κ2) is 11.0. The third kappa shape index (κ3) is 6.35. The van der Waals surface area contributed by atoms with Crippen molar-refractivity contribution in [1.82, 2.24) is 4.90 Å². The molecule has 31 heavy (non-hydrogen) atoms. The van der Waals surface area contributed by atoms with E-state index in [1.807, 2.05) is 66.7 Å². The van der Waals surface area contributed by atoms with Gasteiger partial charge in [0.15, 0.2) is 5.11 Å². The molecule has 0 heterocycles. The molecule has 1 N–H and O–H groups in total. The first-order chi connectivity index (χ1) is 15.0. The van der Waals surface area contributed by atoms with Gasteiger partial charge in [-0.05, 0) is 72.4 Å². The normalized spacial score (nSPS) is 10.3. The van der Waals surface area contributed by atoms with E-state index in [2.05, 4.69) is 26.1 Å². The van der Waals surface area contributed by atoms with Gasteiger partial charge in [0.2, 0.25) is 0 Å². The molecule has 0 amide bonds. The molecule has 0 radical (unpaired) electrons. The standard InChI is InChI=1S/C24H25BrN2O3S/c1-28-21-10-4-17(5-11-21)15-27(24(31)26-20-8-6-19(25)7-9-20)16-18-14-22(29-2)12-13-23(18)30-3/h4-14H,15-16H2,1-3H3,(H,26,31). The van der Waals surface area contributed by atoms with Gasteiger partial charge in [-0.1, -0.05) is 28.1 Å². The fourth-order valence-corrected chi connectivity index (χ4v) is 3.61. The average molecular weight is 501 g/mol. The highest BCUT2D eigenvalue weighted by molar-refractivity contribution is 9.10. The van der Waals surface area contributed by atoms with E-state index < -0.39 is 0 Å². The smallest absolute Gasteiger partial charge is 0.174 e. The third-order valence-corrected chi connectivity index (χ3v) is 5.65. The van der Waals surface area contributed by atoms with Crippen LogP contribution in [0, 0.1) is 0 Å². The van der Waals surface area contributed by atoms with Gasteiger partial charge in [-0.25, -0.2) is 0 Å². The third-order valence-electron chi connectivity index (χ3n) is 4.76. The van der Waals surface area contributed by atoms with Crippen LogP contribution in [-0.4, -0.2) is 31.3 Å². The van der Waals surface area contributed by atoms with Crippen LogP contribution in [0.25, 0.3) is 0 Å². The lowest BCUT2D eigenvalue weighted by atomic mass is 10.1. The van der Waals surface area contributed by atoms with Gasteiger partial charge in [0.05, 0.1) is 21.3 Å². The molecule has 0 fully saturated rings. The van der Waals surface area contributed by atoms with E-state index in [1.54, 1.807) is 21.3 Å². The Morgan fingerprint density at radius 2 is 1.48 bits per heavy atom. The summed E-state index contributed by atoms with van der Waals surface area (Å²) in [6.07, 6.45) is 0. The van der Waals surface area contributed by atoms with Gasteiger partial charge in [-0.3, -0.25) is 0 Å². The topological polar surface area (TPSA) is 43.0 Å². The minimum absolute atomic E-state index is 0.550. The Morgan fingerprint density at radius 1 is 0.839 bits per heavy atom. The molecular weight excluding hydrogens is 476 g/mol. The number of hydrogen-bond donors (Lipinski definition) is 1. The SMILES string of the molecule is COc1ccc(CN(Cc2cc(OC)ccc2OC)C(=S)Nc2ccc(Br)cc2)cc1. The zero-order chi connectivity index (χ0) is 22.2. The van der Waals surface area contributed by atoms with Crippen LogP contribution < -0.4 is 19.5 Å². The Bertz CT molecular complexity index is 1010. The largest absolute Gasteiger partial charge is 0.497 e. The lowest BCUT2D eigenvalue weighted by molar-refractivity contribution is 0.372. The molecule has 0 aliphatic heterocycles. The number of benzene rings is 3. The number of nitrogens with one attached hydrogen (secondary N) is 1. The van der Waals surface area contributed by atoms with Crippen LogP contribution >= 0.6 is 28.1 Å². The number of ether oxygens (including phenoxy) is 3. The molecule has 3 rings (SSSR count). The molecule has 0 aliphatic carbocycles. The van der Waals surface area contributed by atoms with E-state index in [4.69, 9.17) is 26.4 Å². The van der Waals surface area contributed by atoms with Gasteiger partial charge in [0, 0.05) is 28.8 Å². The quantitative estimate of drug-likeness (QED) is 0.390. The van der Waals surface area contributed by atoms with Crippen molar-refractivity contribution in [2.24, 2.45) is 0 Å². The summed E-state index contributed by atoms with van der Waals surface area (Å²) in [7, 11) is 4.98. The van der Waals surface area contributed by atoms with E-state index in [9.17, 15) is 0 Å². The Hall–Kier alpha value is -2.77. The van der Waals surface area contributed by atoms with Crippen molar-refractivity contribution in [2.45, 2.75) is 13.1 Å². The van der Waals surface area contributed by atoms with E-state index >= 15 is 0 Å². The Labute approximate surface area is 197 Å². The minimum Gasteiger partial charge on any atom is -0.497 e. The van der Waals surface area contributed by atoms with Crippen molar-refractivity contribution < 1.29 is 14.2 Å². The van der Waals surface area contributed by atoms with Gasteiger partial charge in [-0.15, -0.1) is 0 Å². The molecule has 7 heteroatoms. The number of thiocarbonyl (C=S) groups is 1. The summed E-state index contributed by atoms with van der Waals surface area (Å²) >= 11 is 9.25. The summed E-state index contributed by atoms with van der Waals surface area (Å²) in [5.41, 5.74) is 3.02. The first-order valence-electron chi connectivity index (χ1n) is 9.67. The molecule has 5 nitrogen and oxygen atoms in total. The van der Waals surface area contributed by atoms with E-state index in [-0.39, 0.29) is 0 Å². The van der Waals surface area contributed by atoms with Crippen molar-refractivity contribution in [3.63, 3.8) is 0 Å². The lowest BCUT2D eigenvalue weighted by Crippen LogP contribution is -2.34. The molecule has 3 aromatic carbocycles. The van der Waals surface area contributed by atoms with E-state index in [0.717, 1.165) is 38.5 Å². The monoisotopic (exact) mass is 500 g/mol.